The van der Waals surface area contributed by atoms with Crippen LogP contribution in [-0.4, -0.2) is 30.2 Å². The highest BCUT2D eigenvalue weighted by Gasteiger charge is 2.12. The fourth-order valence-corrected chi connectivity index (χ4v) is 2.74. The topological polar surface area (TPSA) is 94.7 Å². The molecule has 0 aliphatic rings. The van der Waals surface area contributed by atoms with Crippen LogP contribution >= 0.6 is 0 Å². The summed E-state index contributed by atoms with van der Waals surface area (Å²) in [4.78, 5) is 33.0. The number of carbonyl (C=O) groups is 1. The number of nitrogens with zero attached hydrogens (tertiary/aromatic N) is 5. The number of fused-ring (bicyclic) bond motifs is 1. The third kappa shape index (κ3) is 3.50. The first-order valence-corrected chi connectivity index (χ1v) is 8.52. The van der Waals surface area contributed by atoms with Crippen LogP contribution in [0.3, 0.4) is 0 Å². The molecule has 8 nitrogen and oxygen atoms in total. The van der Waals surface area contributed by atoms with Crippen LogP contribution < -0.4 is 10.9 Å². The largest absolute Gasteiger partial charge is 0.311 e. The van der Waals surface area contributed by atoms with Crippen molar-refractivity contribution in [2.45, 2.75) is 13.0 Å². The van der Waals surface area contributed by atoms with Gasteiger partial charge in [0.15, 0.2) is 5.65 Å². The molecule has 0 radical (unpaired) electrons. The second kappa shape index (κ2) is 7.39. The van der Waals surface area contributed by atoms with Gasteiger partial charge in [-0.25, -0.2) is 19.0 Å². The normalized spacial score (nSPS) is 10.9. The van der Waals surface area contributed by atoms with Gasteiger partial charge in [-0.15, -0.1) is 0 Å². The number of halogens is 1. The van der Waals surface area contributed by atoms with Gasteiger partial charge in [0, 0.05) is 19.2 Å². The molecular weight excluding hydrogens is 363 g/mol. The molecule has 0 aliphatic carbocycles. The Morgan fingerprint density at radius 1 is 1.11 bits per heavy atom. The van der Waals surface area contributed by atoms with Crippen LogP contribution in [0.5, 0.6) is 0 Å². The Balaban J connectivity index is 1.53. The molecule has 0 saturated carbocycles. The first kappa shape index (κ1) is 17.5. The summed E-state index contributed by atoms with van der Waals surface area (Å²) in [6.07, 6.45) is 4.46. The number of carbonyl (C=O) groups excluding carboxylic acids is 1. The quantitative estimate of drug-likeness (QED) is 0.574. The lowest BCUT2D eigenvalue weighted by molar-refractivity contribution is -0.116. The molecule has 0 aliphatic heterocycles. The van der Waals surface area contributed by atoms with Crippen molar-refractivity contribution >= 4 is 22.8 Å². The van der Waals surface area contributed by atoms with Gasteiger partial charge in [0.05, 0.1) is 18.2 Å². The number of hydrogen-bond donors (Lipinski definition) is 1. The number of benzene rings is 1. The first-order valence-electron chi connectivity index (χ1n) is 8.52. The standard InChI is InChI=1S/C19H15FN6O2/c20-13-4-6-14(7-5-13)26-18-15(11-23-26)19(28)25(12-22-18)10-8-17(27)24-16-3-1-2-9-21-16/h1-7,9,11-12H,8,10H2,(H,21,24,27). The van der Waals surface area contributed by atoms with E-state index in [0.717, 1.165) is 0 Å². The molecule has 0 spiro atoms. The molecule has 4 rings (SSSR count). The van der Waals surface area contributed by atoms with Gasteiger partial charge >= 0.3 is 0 Å². The van der Waals surface area contributed by atoms with Crippen LogP contribution in [0.25, 0.3) is 16.7 Å². The summed E-state index contributed by atoms with van der Waals surface area (Å²) in [6.45, 7) is 0.169. The Labute approximate surface area is 158 Å². The maximum atomic E-state index is 13.1. The van der Waals surface area contributed by atoms with Crippen LogP contribution in [0.1, 0.15) is 6.42 Å². The first-order chi connectivity index (χ1) is 13.6. The number of aromatic nitrogens is 5. The average Bonchev–Trinajstić information content (AvgIpc) is 3.14. The molecule has 0 bridgehead atoms. The third-order valence-electron chi connectivity index (χ3n) is 4.14. The number of anilines is 1. The summed E-state index contributed by atoms with van der Waals surface area (Å²) in [7, 11) is 0. The Morgan fingerprint density at radius 2 is 1.93 bits per heavy atom. The van der Waals surface area contributed by atoms with Crippen molar-refractivity contribution in [3.63, 3.8) is 0 Å². The maximum Gasteiger partial charge on any atom is 0.264 e. The molecule has 9 heteroatoms. The summed E-state index contributed by atoms with van der Waals surface area (Å²) in [6, 6.07) is 10.9. The number of hydrogen-bond acceptors (Lipinski definition) is 5. The van der Waals surface area contributed by atoms with Gasteiger partial charge in [-0.2, -0.15) is 5.10 Å². The van der Waals surface area contributed by atoms with Crippen molar-refractivity contribution in [3.05, 3.63) is 77.4 Å². The predicted octanol–water partition coefficient (Wildman–Crippen LogP) is 2.15. The Kier molecular flexibility index (Phi) is 4.63. The molecule has 28 heavy (non-hydrogen) atoms. The molecule has 0 fully saturated rings. The zero-order valence-corrected chi connectivity index (χ0v) is 14.6. The van der Waals surface area contributed by atoms with Crippen molar-refractivity contribution < 1.29 is 9.18 Å². The number of aryl methyl sites for hydroxylation is 1. The van der Waals surface area contributed by atoms with Gasteiger partial charge < -0.3 is 5.32 Å². The van der Waals surface area contributed by atoms with Gasteiger partial charge in [0.1, 0.15) is 17.0 Å². The highest BCUT2D eigenvalue weighted by atomic mass is 19.1. The molecule has 4 aromatic rings. The Morgan fingerprint density at radius 3 is 2.68 bits per heavy atom. The van der Waals surface area contributed by atoms with Gasteiger partial charge in [-0.3, -0.25) is 14.2 Å². The van der Waals surface area contributed by atoms with E-state index >= 15 is 0 Å². The van der Waals surface area contributed by atoms with E-state index in [2.05, 4.69) is 20.4 Å². The van der Waals surface area contributed by atoms with E-state index in [4.69, 9.17) is 0 Å². The summed E-state index contributed by atoms with van der Waals surface area (Å²) in [5, 5.41) is 7.16. The van der Waals surface area contributed by atoms with E-state index in [1.54, 1.807) is 36.5 Å². The highest BCUT2D eigenvalue weighted by Crippen LogP contribution is 2.14. The van der Waals surface area contributed by atoms with Crippen LogP contribution in [0.15, 0.2) is 66.0 Å². The van der Waals surface area contributed by atoms with E-state index in [1.807, 2.05) is 0 Å². The molecule has 0 unspecified atom stereocenters. The lowest BCUT2D eigenvalue weighted by atomic mass is 10.3. The van der Waals surface area contributed by atoms with Crippen LogP contribution in [0.2, 0.25) is 0 Å². The number of nitrogens with one attached hydrogen (secondary N) is 1. The summed E-state index contributed by atoms with van der Waals surface area (Å²) in [5.74, 6) is -0.166. The minimum absolute atomic E-state index is 0.0930. The SMILES string of the molecule is O=C(CCn1cnc2c(cnn2-c2ccc(F)cc2)c1=O)Nc1ccccn1. The summed E-state index contributed by atoms with van der Waals surface area (Å²) in [5.41, 5.74) is 0.658. The molecular formula is C19H15FN6O2. The zero-order valence-electron chi connectivity index (χ0n) is 14.6. The molecule has 3 heterocycles. The fourth-order valence-electron chi connectivity index (χ4n) is 2.74. The number of rotatable bonds is 5. The monoisotopic (exact) mass is 378 g/mol. The van der Waals surface area contributed by atoms with E-state index < -0.39 is 0 Å². The minimum atomic E-state index is -0.362. The lowest BCUT2D eigenvalue weighted by Crippen LogP contribution is -2.23. The van der Waals surface area contributed by atoms with Crippen LogP contribution in [0, 0.1) is 5.82 Å². The zero-order chi connectivity index (χ0) is 19.5. The van der Waals surface area contributed by atoms with Crippen molar-refractivity contribution in [2.75, 3.05) is 5.32 Å². The van der Waals surface area contributed by atoms with E-state index in [9.17, 15) is 14.0 Å². The van der Waals surface area contributed by atoms with Gasteiger partial charge in [0.25, 0.3) is 5.56 Å². The van der Waals surface area contributed by atoms with E-state index in [1.165, 1.54) is 33.9 Å². The molecule has 0 atom stereocenters. The van der Waals surface area contributed by atoms with E-state index in [-0.39, 0.29) is 30.2 Å². The van der Waals surface area contributed by atoms with Gasteiger partial charge in [0.2, 0.25) is 5.91 Å². The van der Waals surface area contributed by atoms with Gasteiger partial charge in [-0.05, 0) is 36.4 Å². The summed E-state index contributed by atoms with van der Waals surface area (Å²) < 4.78 is 15.9. The van der Waals surface area contributed by atoms with Crippen molar-refractivity contribution in [1.29, 1.82) is 0 Å². The van der Waals surface area contributed by atoms with Crippen molar-refractivity contribution in [1.82, 2.24) is 24.3 Å². The molecule has 1 aromatic carbocycles. The highest BCUT2D eigenvalue weighted by molar-refractivity contribution is 5.89. The van der Waals surface area contributed by atoms with Gasteiger partial charge in [-0.1, -0.05) is 6.07 Å². The summed E-state index contributed by atoms with van der Waals surface area (Å²) >= 11 is 0. The van der Waals surface area contributed by atoms with Crippen LogP contribution in [0.4, 0.5) is 10.2 Å². The number of pyridine rings is 1. The molecule has 1 amide bonds. The molecule has 140 valence electrons. The Hall–Kier alpha value is -3.88. The van der Waals surface area contributed by atoms with Crippen molar-refractivity contribution in [3.8, 4) is 5.69 Å². The van der Waals surface area contributed by atoms with Crippen LogP contribution in [-0.2, 0) is 11.3 Å². The smallest absolute Gasteiger partial charge is 0.264 e. The number of amides is 1. The van der Waals surface area contributed by atoms with E-state index in [0.29, 0.717) is 22.5 Å². The second-order valence-electron chi connectivity index (χ2n) is 6.03. The maximum absolute atomic E-state index is 13.1. The fraction of sp³-hybridized carbons (Fsp3) is 0.105. The molecule has 1 N–H and O–H groups in total. The Bertz CT molecular complexity index is 1180. The predicted molar refractivity (Wildman–Crippen MR) is 101 cm³/mol. The third-order valence-corrected chi connectivity index (χ3v) is 4.14. The average molecular weight is 378 g/mol. The second-order valence-corrected chi connectivity index (χ2v) is 6.03. The minimum Gasteiger partial charge on any atom is -0.311 e. The molecule has 0 saturated heterocycles. The molecule has 3 aromatic heterocycles. The van der Waals surface area contributed by atoms with Crippen molar-refractivity contribution in [2.24, 2.45) is 0 Å². The lowest BCUT2D eigenvalue weighted by Gasteiger charge is -2.07.